The van der Waals surface area contributed by atoms with Gasteiger partial charge in [-0.05, 0) is 29.8 Å². The molecule has 2 aromatic heterocycles. The molecule has 0 atom stereocenters. The number of allylic oxidation sites excluding steroid dienone is 1. The van der Waals surface area contributed by atoms with Crippen LogP contribution in [0.1, 0.15) is 11.1 Å². The van der Waals surface area contributed by atoms with Crippen molar-refractivity contribution in [3.63, 3.8) is 0 Å². The first kappa shape index (κ1) is 12.9. The van der Waals surface area contributed by atoms with Gasteiger partial charge in [-0.1, -0.05) is 6.07 Å². The molecule has 1 aromatic carbocycles. The Morgan fingerprint density at radius 2 is 2.29 bits per heavy atom. The molecule has 0 unspecified atom stereocenters. The fourth-order valence-corrected chi connectivity index (χ4v) is 2.25. The van der Waals surface area contributed by atoms with Gasteiger partial charge in [0.05, 0.1) is 18.8 Å². The largest absolute Gasteiger partial charge is 0.497 e. The Kier molecular flexibility index (Phi) is 3.40. The lowest BCUT2D eigenvalue weighted by molar-refractivity contribution is 0.415. The summed E-state index contributed by atoms with van der Waals surface area (Å²) in [5.74, 6) is 0.783. The van der Waals surface area contributed by atoms with Crippen molar-refractivity contribution in [2.75, 3.05) is 7.11 Å². The molecule has 1 N–H and O–H groups in total. The maximum absolute atomic E-state index is 9.44. The molecule has 0 saturated carbocycles. The van der Waals surface area contributed by atoms with Crippen LogP contribution in [0.5, 0.6) is 5.75 Å². The van der Waals surface area contributed by atoms with E-state index in [1.807, 2.05) is 42.6 Å². The van der Waals surface area contributed by atoms with E-state index >= 15 is 0 Å². The molecule has 0 spiro atoms. The number of pyridine rings is 1. The Morgan fingerprint density at radius 3 is 3.00 bits per heavy atom. The highest BCUT2D eigenvalue weighted by molar-refractivity contribution is 6.01. The number of hydrogen-bond donors (Lipinski definition) is 1. The molecular formula is C17H13N3O. The average Bonchev–Trinajstić information content (AvgIpc) is 2.96. The van der Waals surface area contributed by atoms with E-state index in [0.29, 0.717) is 5.57 Å². The van der Waals surface area contributed by atoms with Crippen LogP contribution in [0, 0.1) is 11.3 Å². The second-order valence-corrected chi connectivity index (χ2v) is 4.57. The summed E-state index contributed by atoms with van der Waals surface area (Å²) in [6.45, 7) is 0. The molecule has 4 nitrogen and oxygen atoms in total. The van der Waals surface area contributed by atoms with Gasteiger partial charge in [0, 0.05) is 41.1 Å². The predicted octanol–water partition coefficient (Wildman–Crippen LogP) is 3.64. The first-order valence-electron chi connectivity index (χ1n) is 6.49. The minimum Gasteiger partial charge on any atom is -0.497 e. The van der Waals surface area contributed by atoms with E-state index in [0.717, 1.165) is 27.8 Å². The second kappa shape index (κ2) is 5.51. The molecule has 0 fully saturated rings. The Balaban J connectivity index is 2.10. The van der Waals surface area contributed by atoms with Gasteiger partial charge in [-0.2, -0.15) is 5.26 Å². The van der Waals surface area contributed by atoms with Crippen molar-refractivity contribution in [1.82, 2.24) is 9.97 Å². The third kappa shape index (κ3) is 2.49. The molecule has 0 aliphatic heterocycles. The summed E-state index contributed by atoms with van der Waals surface area (Å²) in [6.07, 6.45) is 7.12. The summed E-state index contributed by atoms with van der Waals surface area (Å²) < 4.78 is 5.21. The van der Waals surface area contributed by atoms with E-state index in [1.54, 1.807) is 19.5 Å². The van der Waals surface area contributed by atoms with Gasteiger partial charge in [-0.15, -0.1) is 0 Å². The molecule has 3 rings (SSSR count). The van der Waals surface area contributed by atoms with Crippen LogP contribution in [0.4, 0.5) is 0 Å². The van der Waals surface area contributed by atoms with Gasteiger partial charge in [0.15, 0.2) is 0 Å². The number of H-pyrrole nitrogens is 1. The molecule has 2 heterocycles. The predicted molar refractivity (Wildman–Crippen MR) is 82.6 cm³/mol. The lowest BCUT2D eigenvalue weighted by atomic mass is 10.0. The fourth-order valence-electron chi connectivity index (χ4n) is 2.25. The van der Waals surface area contributed by atoms with E-state index in [-0.39, 0.29) is 0 Å². The number of nitriles is 1. The minimum absolute atomic E-state index is 0.597. The van der Waals surface area contributed by atoms with Gasteiger partial charge in [0.25, 0.3) is 0 Å². The SMILES string of the molecule is COc1ccc2c(C(C#N)=Cc3cccnc3)c[nH]c2c1. The quantitative estimate of drug-likeness (QED) is 0.742. The van der Waals surface area contributed by atoms with E-state index in [9.17, 15) is 5.26 Å². The lowest BCUT2D eigenvalue weighted by Gasteiger charge is -2.01. The number of hydrogen-bond acceptors (Lipinski definition) is 3. The van der Waals surface area contributed by atoms with Gasteiger partial charge < -0.3 is 9.72 Å². The number of nitrogens with one attached hydrogen (secondary N) is 1. The third-order valence-electron chi connectivity index (χ3n) is 3.29. The zero-order valence-electron chi connectivity index (χ0n) is 11.5. The zero-order chi connectivity index (χ0) is 14.7. The molecule has 102 valence electrons. The summed E-state index contributed by atoms with van der Waals surface area (Å²) in [5.41, 5.74) is 3.31. The third-order valence-corrected chi connectivity index (χ3v) is 3.29. The summed E-state index contributed by atoms with van der Waals surface area (Å²) >= 11 is 0. The van der Waals surface area contributed by atoms with Crippen molar-refractivity contribution in [1.29, 1.82) is 5.26 Å². The van der Waals surface area contributed by atoms with E-state index in [4.69, 9.17) is 4.74 Å². The van der Waals surface area contributed by atoms with Crippen LogP contribution in [0.25, 0.3) is 22.6 Å². The van der Waals surface area contributed by atoms with Crippen molar-refractivity contribution >= 4 is 22.6 Å². The first-order chi connectivity index (χ1) is 10.3. The number of nitrogens with zero attached hydrogens (tertiary/aromatic N) is 2. The molecule has 21 heavy (non-hydrogen) atoms. The number of benzene rings is 1. The summed E-state index contributed by atoms with van der Waals surface area (Å²) in [6, 6.07) is 11.8. The number of aromatic amines is 1. The molecule has 0 saturated heterocycles. The molecule has 0 bridgehead atoms. The summed E-state index contributed by atoms with van der Waals surface area (Å²) in [5, 5.41) is 10.4. The fraction of sp³-hybridized carbons (Fsp3) is 0.0588. The Hall–Kier alpha value is -3.06. The number of fused-ring (bicyclic) bond motifs is 1. The summed E-state index contributed by atoms with van der Waals surface area (Å²) in [4.78, 5) is 7.24. The number of rotatable bonds is 3. The topological polar surface area (TPSA) is 61.7 Å². The molecule has 3 aromatic rings. The van der Waals surface area contributed by atoms with Gasteiger partial charge in [0.1, 0.15) is 5.75 Å². The Bertz CT molecular complexity index is 841. The van der Waals surface area contributed by atoms with Crippen LogP contribution in [0.15, 0.2) is 48.9 Å². The van der Waals surface area contributed by atoms with E-state index in [2.05, 4.69) is 16.0 Å². The van der Waals surface area contributed by atoms with Crippen molar-refractivity contribution in [3.8, 4) is 11.8 Å². The van der Waals surface area contributed by atoms with Crippen LogP contribution in [-0.2, 0) is 0 Å². The second-order valence-electron chi connectivity index (χ2n) is 4.57. The monoisotopic (exact) mass is 275 g/mol. The number of methoxy groups -OCH3 is 1. The number of aromatic nitrogens is 2. The molecule has 0 amide bonds. The van der Waals surface area contributed by atoms with Gasteiger partial charge in [-0.3, -0.25) is 4.98 Å². The highest BCUT2D eigenvalue weighted by Crippen LogP contribution is 2.28. The Morgan fingerprint density at radius 1 is 1.38 bits per heavy atom. The first-order valence-corrected chi connectivity index (χ1v) is 6.49. The van der Waals surface area contributed by atoms with Crippen LogP contribution in [0.3, 0.4) is 0 Å². The van der Waals surface area contributed by atoms with Gasteiger partial charge >= 0.3 is 0 Å². The van der Waals surface area contributed by atoms with Crippen molar-refractivity contribution in [2.45, 2.75) is 0 Å². The van der Waals surface area contributed by atoms with Crippen molar-refractivity contribution in [3.05, 3.63) is 60.0 Å². The smallest absolute Gasteiger partial charge is 0.120 e. The van der Waals surface area contributed by atoms with Crippen molar-refractivity contribution < 1.29 is 4.74 Å². The van der Waals surface area contributed by atoms with E-state index < -0.39 is 0 Å². The Labute approximate surface area is 122 Å². The van der Waals surface area contributed by atoms with Gasteiger partial charge in [0.2, 0.25) is 0 Å². The highest BCUT2D eigenvalue weighted by Gasteiger charge is 2.09. The van der Waals surface area contributed by atoms with Crippen LogP contribution in [-0.4, -0.2) is 17.1 Å². The van der Waals surface area contributed by atoms with E-state index in [1.165, 1.54) is 0 Å². The van der Waals surface area contributed by atoms with Crippen LogP contribution in [0.2, 0.25) is 0 Å². The minimum atomic E-state index is 0.597. The van der Waals surface area contributed by atoms with Crippen LogP contribution < -0.4 is 4.74 Å². The zero-order valence-corrected chi connectivity index (χ0v) is 11.5. The highest BCUT2D eigenvalue weighted by atomic mass is 16.5. The lowest BCUT2D eigenvalue weighted by Crippen LogP contribution is -1.83. The normalized spacial score (nSPS) is 11.3. The van der Waals surface area contributed by atoms with Crippen LogP contribution >= 0.6 is 0 Å². The average molecular weight is 275 g/mol. The van der Waals surface area contributed by atoms with Crippen molar-refractivity contribution in [2.24, 2.45) is 0 Å². The van der Waals surface area contributed by atoms with Gasteiger partial charge in [-0.25, -0.2) is 0 Å². The number of ether oxygens (including phenoxy) is 1. The maximum atomic E-state index is 9.44. The molecular weight excluding hydrogens is 262 g/mol. The standard InChI is InChI=1S/C17H13N3O/c1-21-14-4-5-15-16(11-20-17(15)8-14)13(9-18)7-12-3-2-6-19-10-12/h2-8,10-11,20H,1H3. The molecule has 0 aliphatic rings. The molecule has 4 heteroatoms. The maximum Gasteiger partial charge on any atom is 0.120 e. The molecule has 0 radical (unpaired) electrons. The summed E-state index contributed by atoms with van der Waals surface area (Å²) in [7, 11) is 1.63. The molecule has 0 aliphatic carbocycles.